The van der Waals surface area contributed by atoms with Crippen molar-refractivity contribution < 1.29 is 4.79 Å². The summed E-state index contributed by atoms with van der Waals surface area (Å²) in [7, 11) is 0. The standard InChI is InChI=1S/C9H15N5O/c1-6(2)13-9(15)5-12-8-4-11-3-7(10)14-8/h3-4,6H,5H2,1-2H3,(H,13,15)(H3,10,12,14). The number of aromatic nitrogens is 2. The van der Waals surface area contributed by atoms with E-state index in [1.165, 1.54) is 12.4 Å². The number of nitrogens with zero attached hydrogens (tertiary/aromatic N) is 2. The van der Waals surface area contributed by atoms with Crippen molar-refractivity contribution in [1.82, 2.24) is 15.3 Å². The van der Waals surface area contributed by atoms with Gasteiger partial charge in [-0.05, 0) is 13.8 Å². The SMILES string of the molecule is CC(C)NC(=O)CNc1cncc(N)n1. The number of nitrogen functional groups attached to an aromatic ring is 1. The quantitative estimate of drug-likeness (QED) is 0.648. The molecule has 1 rings (SSSR count). The average molecular weight is 209 g/mol. The zero-order chi connectivity index (χ0) is 11.3. The van der Waals surface area contributed by atoms with E-state index in [1.807, 2.05) is 13.8 Å². The van der Waals surface area contributed by atoms with Gasteiger partial charge in [0.1, 0.15) is 11.6 Å². The fraction of sp³-hybridized carbons (Fsp3) is 0.444. The first-order valence-electron chi connectivity index (χ1n) is 4.68. The van der Waals surface area contributed by atoms with E-state index >= 15 is 0 Å². The van der Waals surface area contributed by atoms with Crippen LogP contribution in [-0.4, -0.2) is 28.5 Å². The molecule has 1 aromatic rings. The Morgan fingerprint density at radius 1 is 1.53 bits per heavy atom. The van der Waals surface area contributed by atoms with Crippen LogP contribution in [0.25, 0.3) is 0 Å². The third kappa shape index (κ3) is 4.26. The lowest BCUT2D eigenvalue weighted by atomic mass is 10.4. The molecule has 0 fully saturated rings. The molecule has 15 heavy (non-hydrogen) atoms. The smallest absolute Gasteiger partial charge is 0.239 e. The van der Waals surface area contributed by atoms with Gasteiger partial charge in [-0.1, -0.05) is 0 Å². The van der Waals surface area contributed by atoms with Crippen LogP contribution in [0, 0.1) is 0 Å². The van der Waals surface area contributed by atoms with Crippen LogP contribution in [0.2, 0.25) is 0 Å². The van der Waals surface area contributed by atoms with E-state index in [0.29, 0.717) is 11.6 Å². The normalized spacial score (nSPS) is 10.1. The summed E-state index contributed by atoms with van der Waals surface area (Å²) in [6, 6.07) is 0.131. The second kappa shape index (κ2) is 5.14. The van der Waals surface area contributed by atoms with Crippen LogP contribution in [0.5, 0.6) is 0 Å². The van der Waals surface area contributed by atoms with Crippen molar-refractivity contribution >= 4 is 17.5 Å². The van der Waals surface area contributed by atoms with Crippen LogP contribution in [0.15, 0.2) is 12.4 Å². The number of hydrogen-bond donors (Lipinski definition) is 3. The van der Waals surface area contributed by atoms with Gasteiger partial charge in [-0.15, -0.1) is 0 Å². The van der Waals surface area contributed by atoms with Gasteiger partial charge < -0.3 is 16.4 Å². The van der Waals surface area contributed by atoms with E-state index in [2.05, 4.69) is 20.6 Å². The summed E-state index contributed by atoms with van der Waals surface area (Å²) < 4.78 is 0. The van der Waals surface area contributed by atoms with E-state index in [-0.39, 0.29) is 18.5 Å². The molecule has 82 valence electrons. The van der Waals surface area contributed by atoms with Crippen LogP contribution in [0.3, 0.4) is 0 Å². The van der Waals surface area contributed by atoms with Crippen LogP contribution in [0.1, 0.15) is 13.8 Å². The molecule has 6 nitrogen and oxygen atoms in total. The molecule has 0 aliphatic rings. The molecule has 4 N–H and O–H groups in total. The van der Waals surface area contributed by atoms with E-state index in [1.54, 1.807) is 0 Å². The van der Waals surface area contributed by atoms with Crippen molar-refractivity contribution in [3.05, 3.63) is 12.4 Å². The Labute approximate surface area is 88.3 Å². The highest BCUT2D eigenvalue weighted by molar-refractivity contribution is 5.80. The molecule has 1 heterocycles. The van der Waals surface area contributed by atoms with Gasteiger partial charge in [-0.25, -0.2) is 4.98 Å². The van der Waals surface area contributed by atoms with Crippen molar-refractivity contribution in [1.29, 1.82) is 0 Å². The zero-order valence-corrected chi connectivity index (χ0v) is 8.82. The second-order valence-corrected chi connectivity index (χ2v) is 3.40. The highest BCUT2D eigenvalue weighted by Crippen LogP contribution is 2.01. The Kier molecular flexibility index (Phi) is 3.84. The van der Waals surface area contributed by atoms with Crippen LogP contribution in [-0.2, 0) is 4.79 Å². The van der Waals surface area contributed by atoms with Gasteiger partial charge in [0.15, 0.2) is 0 Å². The summed E-state index contributed by atoms with van der Waals surface area (Å²) in [5.41, 5.74) is 5.43. The van der Waals surface area contributed by atoms with Gasteiger partial charge >= 0.3 is 0 Å². The summed E-state index contributed by atoms with van der Waals surface area (Å²) in [4.78, 5) is 19.0. The minimum atomic E-state index is -0.0887. The van der Waals surface area contributed by atoms with Crippen molar-refractivity contribution in [2.75, 3.05) is 17.6 Å². The molecule has 1 amide bonds. The highest BCUT2D eigenvalue weighted by atomic mass is 16.1. The van der Waals surface area contributed by atoms with E-state index in [4.69, 9.17) is 5.73 Å². The number of carbonyl (C=O) groups excluding carboxylic acids is 1. The lowest BCUT2D eigenvalue weighted by Crippen LogP contribution is -2.35. The Morgan fingerprint density at radius 2 is 2.27 bits per heavy atom. The Balaban J connectivity index is 2.40. The van der Waals surface area contributed by atoms with Crippen LogP contribution < -0.4 is 16.4 Å². The summed E-state index contributed by atoms with van der Waals surface area (Å²) in [5, 5.41) is 5.57. The molecule has 0 saturated heterocycles. The molecule has 1 aromatic heterocycles. The van der Waals surface area contributed by atoms with Crippen LogP contribution in [0.4, 0.5) is 11.6 Å². The third-order valence-electron chi connectivity index (χ3n) is 1.53. The fourth-order valence-electron chi connectivity index (χ4n) is 1.01. The van der Waals surface area contributed by atoms with Crippen LogP contribution >= 0.6 is 0 Å². The number of nitrogens with one attached hydrogen (secondary N) is 2. The molecular formula is C9H15N5O. The van der Waals surface area contributed by atoms with E-state index in [9.17, 15) is 4.79 Å². The van der Waals surface area contributed by atoms with Gasteiger partial charge in [0, 0.05) is 6.04 Å². The molecule has 0 bridgehead atoms. The lowest BCUT2D eigenvalue weighted by Gasteiger charge is -2.09. The van der Waals surface area contributed by atoms with Crippen molar-refractivity contribution in [3.63, 3.8) is 0 Å². The first-order chi connectivity index (χ1) is 7.08. The van der Waals surface area contributed by atoms with Crippen molar-refractivity contribution in [3.8, 4) is 0 Å². The maximum atomic E-state index is 11.3. The highest BCUT2D eigenvalue weighted by Gasteiger charge is 2.03. The number of nitrogens with two attached hydrogens (primary N) is 1. The number of hydrogen-bond acceptors (Lipinski definition) is 5. The molecule has 0 aliphatic heterocycles. The van der Waals surface area contributed by atoms with Crippen molar-refractivity contribution in [2.24, 2.45) is 0 Å². The molecule has 6 heteroatoms. The lowest BCUT2D eigenvalue weighted by molar-refractivity contribution is -0.119. The Morgan fingerprint density at radius 3 is 2.87 bits per heavy atom. The van der Waals surface area contributed by atoms with Gasteiger partial charge in [0.25, 0.3) is 0 Å². The topological polar surface area (TPSA) is 92.9 Å². The fourth-order valence-corrected chi connectivity index (χ4v) is 1.01. The number of carbonyl (C=O) groups is 1. The van der Waals surface area contributed by atoms with Gasteiger partial charge in [0.05, 0.1) is 18.9 Å². The zero-order valence-electron chi connectivity index (χ0n) is 8.82. The van der Waals surface area contributed by atoms with E-state index < -0.39 is 0 Å². The number of rotatable bonds is 4. The first kappa shape index (κ1) is 11.2. The Bertz CT molecular complexity index is 339. The summed E-state index contributed by atoms with van der Waals surface area (Å²) in [6.07, 6.45) is 2.96. The maximum absolute atomic E-state index is 11.3. The molecule has 0 unspecified atom stereocenters. The molecule has 0 spiro atoms. The summed E-state index contributed by atoms with van der Waals surface area (Å²) in [5.74, 6) is 0.729. The average Bonchev–Trinajstić information content (AvgIpc) is 2.14. The van der Waals surface area contributed by atoms with Gasteiger partial charge in [-0.2, -0.15) is 0 Å². The number of amides is 1. The molecule has 0 atom stereocenters. The monoisotopic (exact) mass is 209 g/mol. The number of anilines is 2. The second-order valence-electron chi connectivity index (χ2n) is 3.40. The predicted molar refractivity (Wildman–Crippen MR) is 58.2 cm³/mol. The van der Waals surface area contributed by atoms with Gasteiger partial charge in [0.2, 0.25) is 5.91 Å². The summed E-state index contributed by atoms with van der Waals surface area (Å²) in [6.45, 7) is 3.97. The minimum absolute atomic E-state index is 0.0887. The molecule has 0 saturated carbocycles. The molecule has 0 radical (unpaired) electrons. The third-order valence-corrected chi connectivity index (χ3v) is 1.53. The Hall–Kier alpha value is -1.85. The molecular weight excluding hydrogens is 194 g/mol. The first-order valence-corrected chi connectivity index (χ1v) is 4.68. The maximum Gasteiger partial charge on any atom is 0.239 e. The van der Waals surface area contributed by atoms with Crippen molar-refractivity contribution in [2.45, 2.75) is 19.9 Å². The van der Waals surface area contributed by atoms with E-state index in [0.717, 1.165) is 0 Å². The largest absolute Gasteiger partial charge is 0.382 e. The summed E-state index contributed by atoms with van der Waals surface area (Å²) >= 11 is 0. The molecule has 0 aromatic carbocycles. The molecule has 0 aliphatic carbocycles. The predicted octanol–water partition coefficient (Wildman–Crippen LogP) is -0.00470. The van der Waals surface area contributed by atoms with Gasteiger partial charge in [-0.3, -0.25) is 9.78 Å². The minimum Gasteiger partial charge on any atom is -0.382 e.